The van der Waals surface area contributed by atoms with Crippen LogP contribution in [-0.2, 0) is 11.8 Å². The number of thioether (sulfide) groups is 1. The molecule has 0 spiro atoms. The molecule has 0 aromatic heterocycles. The van der Waals surface area contributed by atoms with Crippen LogP contribution in [0.1, 0.15) is 44.7 Å². The van der Waals surface area contributed by atoms with Crippen molar-refractivity contribution < 1.29 is 0 Å². The number of nitrogens with one attached hydrogen (secondary N) is 1. The van der Waals surface area contributed by atoms with Crippen LogP contribution in [0.3, 0.4) is 0 Å². The molecule has 1 heterocycles. The van der Waals surface area contributed by atoms with Crippen LogP contribution in [-0.4, -0.2) is 17.0 Å². The van der Waals surface area contributed by atoms with E-state index in [1.807, 2.05) is 0 Å². The van der Waals surface area contributed by atoms with E-state index in [0.717, 1.165) is 6.42 Å². The molecule has 106 valence electrons. The molecule has 0 amide bonds. The van der Waals surface area contributed by atoms with Crippen LogP contribution in [0.2, 0.25) is 0 Å². The van der Waals surface area contributed by atoms with Gasteiger partial charge in [-0.2, -0.15) is 11.8 Å². The Bertz CT molecular complexity index is 388. The first-order valence-electron chi connectivity index (χ1n) is 7.18. The van der Waals surface area contributed by atoms with Crippen LogP contribution in [0.15, 0.2) is 24.3 Å². The van der Waals surface area contributed by atoms with E-state index in [1.54, 1.807) is 0 Å². The molecule has 0 saturated carbocycles. The summed E-state index contributed by atoms with van der Waals surface area (Å²) in [5.74, 6) is 7.02. The summed E-state index contributed by atoms with van der Waals surface area (Å²) in [6.07, 6.45) is 3.65. The topological polar surface area (TPSA) is 38.0 Å². The molecule has 3 N–H and O–H groups in total. The third kappa shape index (κ3) is 3.98. The van der Waals surface area contributed by atoms with Gasteiger partial charge < -0.3 is 0 Å². The van der Waals surface area contributed by atoms with E-state index in [9.17, 15) is 0 Å². The molecule has 2 unspecified atom stereocenters. The Kier molecular flexibility index (Phi) is 4.93. The van der Waals surface area contributed by atoms with Crippen molar-refractivity contribution in [3.63, 3.8) is 0 Å². The van der Waals surface area contributed by atoms with Gasteiger partial charge in [-0.15, -0.1) is 0 Å². The summed E-state index contributed by atoms with van der Waals surface area (Å²) in [6, 6.07) is 9.41. The Hall–Kier alpha value is -0.510. The van der Waals surface area contributed by atoms with Crippen LogP contribution >= 0.6 is 11.8 Å². The lowest BCUT2D eigenvalue weighted by Gasteiger charge is -2.23. The maximum Gasteiger partial charge on any atom is 0.0369 e. The highest BCUT2D eigenvalue weighted by Crippen LogP contribution is 2.30. The summed E-state index contributed by atoms with van der Waals surface area (Å²) in [6.45, 7) is 6.75. The number of benzene rings is 1. The first-order valence-corrected chi connectivity index (χ1v) is 8.23. The third-order valence-corrected chi connectivity index (χ3v) is 5.42. The molecule has 2 nitrogen and oxygen atoms in total. The standard InChI is InChI=1S/C16H26N2S/c1-16(2,3)13-8-6-12(7-9-13)11-14(18-17)15-5-4-10-19-15/h6-9,14-15,18H,4-5,10-11,17H2,1-3H3. The van der Waals surface area contributed by atoms with Crippen molar-refractivity contribution in [1.29, 1.82) is 0 Å². The van der Waals surface area contributed by atoms with Gasteiger partial charge in [0.25, 0.3) is 0 Å². The summed E-state index contributed by atoms with van der Waals surface area (Å²) in [4.78, 5) is 0. The predicted octanol–water partition coefficient (Wildman–Crippen LogP) is 3.25. The highest BCUT2D eigenvalue weighted by molar-refractivity contribution is 8.00. The van der Waals surface area contributed by atoms with Crippen molar-refractivity contribution in [2.75, 3.05) is 5.75 Å². The van der Waals surface area contributed by atoms with Crippen molar-refractivity contribution in [3.8, 4) is 0 Å². The lowest BCUT2D eigenvalue weighted by atomic mass is 9.86. The normalized spacial score (nSPS) is 21.6. The minimum absolute atomic E-state index is 0.228. The molecule has 0 radical (unpaired) electrons. The summed E-state index contributed by atoms with van der Waals surface area (Å²) in [5, 5.41) is 0.673. The molecule has 0 bridgehead atoms. The van der Waals surface area contributed by atoms with E-state index in [0.29, 0.717) is 11.3 Å². The molecule has 19 heavy (non-hydrogen) atoms. The minimum Gasteiger partial charge on any atom is -0.271 e. The monoisotopic (exact) mass is 278 g/mol. The quantitative estimate of drug-likeness (QED) is 0.656. The molecule has 2 rings (SSSR count). The molecule has 0 aliphatic carbocycles. The van der Waals surface area contributed by atoms with E-state index < -0.39 is 0 Å². The molecule has 1 saturated heterocycles. The molecule has 2 atom stereocenters. The molecule has 1 aliphatic heterocycles. The van der Waals surface area contributed by atoms with E-state index in [-0.39, 0.29) is 5.41 Å². The molecular formula is C16H26N2S. The van der Waals surface area contributed by atoms with Crippen LogP contribution in [0.4, 0.5) is 0 Å². The van der Waals surface area contributed by atoms with Gasteiger partial charge in [0.2, 0.25) is 0 Å². The highest BCUT2D eigenvalue weighted by Gasteiger charge is 2.25. The van der Waals surface area contributed by atoms with Gasteiger partial charge >= 0.3 is 0 Å². The second-order valence-electron chi connectivity index (χ2n) is 6.48. The number of hydrogen-bond acceptors (Lipinski definition) is 3. The van der Waals surface area contributed by atoms with E-state index in [1.165, 1.54) is 29.7 Å². The average Bonchev–Trinajstić information content (AvgIpc) is 2.89. The molecule has 1 aliphatic rings. The SMILES string of the molecule is CC(C)(C)c1ccc(CC(NN)C2CCCS2)cc1. The lowest BCUT2D eigenvalue weighted by Crippen LogP contribution is -2.43. The molecule has 1 aromatic rings. The average molecular weight is 278 g/mol. The number of rotatable bonds is 4. The number of hydrazine groups is 1. The van der Waals surface area contributed by atoms with Crippen LogP contribution in [0.5, 0.6) is 0 Å². The lowest BCUT2D eigenvalue weighted by molar-refractivity contribution is 0.495. The first-order chi connectivity index (χ1) is 9.00. The Labute approximate surface area is 121 Å². The predicted molar refractivity (Wildman–Crippen MR) is 85.4 cm³/mol. The fraction of sp³-hybridized carbons (Fsp3) is 0.625. The maximum atomic E-state index is 5.74. The Balaban J connectivity index is 2.01. The zero-order chi connectivity index (χ0) is 13.9. The van der Waals surface area contributed by atoms with Gasteiger partial charge in [0.15, 0.2) is 0 Å². The van der Waals surface area contributed by atoms with Gasteiger partial charge in [-0.05, 0) is 41.6 Å². The molecule has 1 aromatic carbocycles. The smallest absolute Gasteiger partial charge is 0.0369 e. The largest absolute Gasteiger partial charge is 0.271 e. The van der Waals surface area contributed by atoms with Gasteiger partial charge in [-0.25, -0.2) is 0 Å². The van der Waals surface area contributed by atoms with Gasteiger partial charge in [-0.1, -0.05) is 45.0 Å². The van der Waals surface area contributed by atoms with Crippen molar-refractivity contribution in [3.05, 3.63) is 35.4 Å². The van der Waals surface area contributed by atoms with Crippen LogP contribution < -0.4 is 11.3 Å². The Morgan fingerprint density at radius 3 is 2.47 bits per heavy atom. The van der Waals surface area contributed by atoms with Crippen molar-refractivity contribution in [2.45, 2.75) is 56.7 Å². The Morgan fingerprint density at radius 1 is 1.32 bits per heavy atom. The fourth-order valence-corrected chi connectivity index (χ4v) is 3.99. The Morgan fingerprint density at radius 2 is 2.00 bits per heavy atom. The first kappa shape index (κ1) is 14.9. The van der Waals surface area contributed by atoms with Crippen LogP contribution in [0.25, 0.3) is 0 Å². The summed E-state index contributed by atoms with van der Waals surface area (Å²) >= 11 is 2.06. The summed E-state index contributed by atoms with van der Waals surface area (Å²) in [7, 11) is 0. The summed E-state index contributed by atoms with van der Waals surface area (Å²) < 4.78 is 0. The number of hydrogen-bond donors (Lipinski definition) is 2. The maximum absolute atomic E-state index is 5.74. The summed E-state index contributed by atoms with van der Waals surface area (Å²) in [5.41, 5.74) is 6.01. The van der Waals surface area contributed by atoms with Crippen molar-refractivity contribution in [2.24, 2.45) is 5.84 Å². The number of nitrogens with two attached hydrogens (primary N) is 1. The minimum atomic E-state index is 0.228. The van der Waals surface area contributed by atoms with E-state index >= 15 is 0 Å². The molecule has 3 heteroatoms. The fourth-order valence-electron chi connectivity index (χ4n) is 2.61. The van der Waals surface area contributed by atoms with Gasteiger partial charge in [0.05, 0.1) is 0 Å². The van der Waals surface area contributed by atoms with Crippen molar-refractivity contribution >= 4 is 11.8 Å². The second-order valence-corrected chi connectivity index (χ2v) is 7.82. The van der Waals surface area contributed by atoms with Gasteiger partial charge in [0.1, 0.15) is 0 Å². The van der Waals surface area contributed by atoms with Gasteiger partial charge in [0, 0.05) is 11.3 Å². The van der Waals surface area contributed by atoms with E-state index in [2.05, 4.69) is 62.2 Å². The third-order valence-electron chi connectivity index (χ3n) is 3.90. The highest BCUT2D eigenvalue weighted by atomic mass is 32.2. The molecular weight excluding hydrogens is 252 g/mol. The zero-order valence-corrected chi connectivity index (χ0v) is 13.1. The zero-order valence-electron chi connectivity index (χ0n) is 12.3. The van der Waals surface area contributed by atoms with E-state index in [4.69, 9.17) is 5.84 Å². The molecule has 1 fully saturated rings. The van der Waals surface area contributed by atoms with Crippen LogP contribution in [0, 0.1) is 0 Å². The second kappa shape index (κ2) is 6.29. The van der Waals surface area contributed by atoms with Crippen molar-refractivity contribution in [1.82, 2.24) is 5.43 Å². The van der Waals surface area contributed by atoms with Gasteiger partial charge in [-0.3, -0.25) is 11.3 Å².